The molecule has 0 aliphatic heterocycles. The van der Waals surface area contributed by atoms with Gasteiger partial charge in [0.15, 0.2) is 0 Å². The molecule has 7 heteroatoms. The second kappa shape index (κ2) is 5.86. The number of pyridine rings is 1. The lowest BCUT2D eigenvalue weighted by Gasteiger charge is -2.08. The number of nitrogens with zero attached hydrogens (tertiary/aromatic N) is 2. The van der Waals surface area contributed by atoms with Crippen LogP contribution >= 0.6 is 23.2 Å². The molecule has 1 aromatic carbocycles. The predicted octanol–water partition coefficient (Wildman–Crippen LogP) is 3.88. The second-order valence-electron chi connectivity index (χ2n) is 3.60. The zero-order chi connectivity index (χ0) is 13.8. The van der Waals surface area contributed by atoms with E-state index in [1.54, 1.807) is 12.1 Å². The molecule has 0 spiro atoms. The highest BCUT2D eigenvalue weighted by atomic mass is 35.5. The van der Waals surface area contributed by atoms with Crippen molar-refractivity contribution in [2.24, 2.45) is 0 Å². The van der Waals surface area contributed by atoms with Gasteiger partial charge in [0.05, 0.1) is 15.6 Å². The molecule has 2 rings (SSSR count). The van der Waals surface area contributed by atoms with Crippen LogP contribution in [0.15, 0.2) is 36.5 Å². The van der Waals surface area contributed by atoms with Gasteiger partial charge in [-0.2, -0.15) is 0 Å². The van der Waals surface area contributed by atoms with E-state index in [4.69, 9.17) is 27.9 Å². The Balaban J connectivity index is 2.22. The molecular formula is C12H8Cl2N2O3. The summed E-state index contributed by atoms with van der Waals surface area (Å²) in [5.41, 5.74) is 0.372. The number of rotatable bonds is 4. The molecule has 0 aliphatic rings. The summed E-state index contributed by atoms with van der Waals surface area (Å²) in [6, 6.07) is 7.58. The fourth-order valence-electron chi connectivity index (χ4n) is 1.46. The number of nitro groups is 1. The summed E-state index contributed by atoms with van der Waals surface area (Å²) in [5.74, 6) is 0.0240. The average molecular weight is 299 g/mol. The van der Waals surface area contributed by atoms with Crippen LogP contribution in [0.5, 0.6) is 5.75 Å². The maximum atomic E-state index is 10.9. The molecule has 5 nitrogen and oxygen atoms in total. The van der Waals surface area contributed by atoms with Crippen LogP contribution in [0.25, 0.3) is 0 Å². The van der Waals surface area contributed by atoms with Gasteiger partial charge in [-0.05, 0) is 18.2 Å². The van der Waals surface area contributed by atoms with Crippen LogP contribution in [0.3, 0.4) is 0 Å². The fraction of sp³-hybridized carbons (Fsp3) is 0.0833. The molecule has 0 bridgehead atoms. The van der Waals surface area contributed by atoms with Crippen LogP contribution in [0.2, 0.25) is 10.0 Å². The number of hydrogen-bond donors (Lipinski definition) is 0. The number of halogens is 2. The molecule has 0 atom stereocenters. The topological polar surface area (TPSA) is 65.3 Å². The molecule has 0 saturated heterocycles. The largest absolute Gasteiger partial charge is 0.479 e. The van der Waals surface area contributed by atoms with Crippen molar-refractivity contribution in [3.05, 3.63) is 62.4 Å². The summed E-state index contributed by atoms with van der Waals surface area (Å²) in [6.07, 6.45) is 1.53. The first-order valence-electron chi connectivity index (χ1n) is 5.24. The van der Waals surface area contributed by atoms with Crippen LogP contribution in [0, 0.1) is 10.1 Å². The van der Waals surface area contributed by atoms with Crippen LogP contribution in [0.4, 0.5) is 5.69 Å². The Kier molecular flexibility index (Phi) is 4.19. The summed E-state index contributed by atoms with van der Waals surface area (Å²) < 4.78 is 5.38. The molecule has 0 unspecified atom stereocenters. The highest BCUT2D eigenvalue weighted by Gasteiger charge is 2.18. The molecule has 0 fully saturated rings. The van der Waals surface area contributed by atoms with Gasteiger partial charge in [0.2, 0.25) is 5.75 Å². The SMILES string of the molecule is O=[N+]([O-])c1cccc(Cl)c1OCc1cc(Cl)ccn1. The lowest BCUT2D eigenvalue weighted by atomic mass is 10.3. The standard InChI is InChI=1S/C12H8Cl2N2O3/c13-8-4-5-15-9(6-8)7-19-12-10(14)2-1-3-11(12)16(17)18/h1-6H,7H2. The van der Waals surface area contributed by atoms with E-state index in [9.17, 15) is 10.1 Å². The molecule has 0 N–H and O–H groups in total. The second-order valence-corrected chi connectivity index (χ2v) is 4.44. The zero-order valence-corrected chi connectivity index (χ0v) is 11.1. The van der Waals surface area contributed by atoms with Crippen LogP contribution in [0.1, 0.15) is 5.69 Å². The van der Waals surface area contributed by atoms with Gasteiger partial charge >= 0.3 is 5.69 Å². The third kappa shape index (κ3) is 3.33. The first-order valence-corrected chi connectivity index (χ1v) is 5.99. The molecule has 0 radical (unpaired) electrons. The monoisotopic (exact) mass is 298 g/mol. The number of para-hydroxylation sites is 1. The average Bonchev–Trinajstić information content (AvgIpc) is 2.37. The molecule has 1 heterocycles. The van der Waals surface area contributed by atoms with E-state index in [2.05, 4.69) is 4.98 Å². The van der Waals surface area contributed by atoms with E-state index in [-0.39, 0.29) is 23.1 Å². The van der Waals surface area contributed by atoms with Gasteiger partial charge in [0.25, 0.3) is 0 Å². The van der Waals surface area contributed by atoms with Crippen molar-refractivity contribution in [3.63, 3.8) is 0 Å². The summed E-state index contributed by atoms with van der Waals surface area (Å²) in [6.45, 7) is 0.0468. The third-order valence-corrected chi connectivity index (χ3v) is 2.82. The Morgan fingerprint density at radius 1 is 1.32 bits per heavy atom. The summed E-state index contributed by atoms with van der Waals surface area (Å²) in [4.78, 5) is 14.4. The van der Waals surface area contributed by atoms with Crippen molar-refractivity contribution in [2.75, 3.05) is 0 Å². The number of benzene rings is 1. The summed E-state index contributed by atoms with van der Waals surface area (Å²) >= 11 is 11.7. The molecule has 0 amide bonds. The Bertz CT molecular complexity index is 620. The Hall–Kier alpha value is -1.85. The van der Waals surface area contributed by atoms with Gasteiger partial charge in [-0.25, -0.2) is 0 Å². The van der Waals surface area contributed by atoms with Gasteiger partial charge in [0, 0.05) is 17.3 Å². The highest BCUT2D eigenvalue weighted by molar-refractivity contribution is 6.32. The van der Waals surface area contributed by atoms with Crippen molar-refractivity contribution in [2.45, 2.75) is 6.61 Å². The van der Waals surface area contributed by atoms with Crippen LogP contribution in [-0.2, 0) is 6.61 Å². The van der Waals surface area contributed by atoms with Gasteiger partial charge in [-0.3, -0.25) is 15.1 Å². The number of aromatic nitrogens is 1. The van der Waals surface area contributed by atoms with E-state index in [1.165, 1.54) is 24.4 Å². The molecule has 2 aromatic rings. The smallest absolute Gasteiger partial charge is 0.312 e. The third-order valence-electron chi connectivity index (χ3n) is 2.29. The minimum absolute atomic E-state index is 0.0240. The maximum Gasteiger partial charge on any atom is 0.312 e. The van der Waals surface area contributed by atoms with E-state index in [0.29, 0.717) is 10.7 Å². The molecule has 19 heavy (non-hydrogen) atoms. The van der Waals surface area contributed by atoms with Crippen molar-refractivity contribution in [1.29, 1.82) is 0 Å². The molecule has 98 valence electrons. The van der Waals surface area contributed by atoms with Crippen molar-refractivity contribution in [1.82, 2.24) is 4.98 Å². The Labute approximate surface area is 118 Å². The number of nitro benzene ring substituents is 1. The number of ether oxygens (including phenoxy) is 1. The van der Waals surface area contributed by atoms with Gasteiger partial charge in [0.1, 0.15) is 6.61 Å². The maximum absolute atomic E-state index is 10.9. The Morgan fingerprint density at radius 2 is 2.11 bits per heavy atom. The minimum Gasteiger partial charge on any atom is -0.479 e. The van der Waals surface area contributed by atoms with Gasteiger partial charge in [-0.1, -0.05) is 29.3 Å². The first-order chi connectivity index (χ1) is 9.08. The normalized spacial score (nSPS) is 10.2. The van der Waals surface area contributed by atoms with E-state index in [0.717, 1.165) is 0 Å². The number of hydrogen-bond acceptors (Lipinski definition) is 4. The quantitative estimate of drug-likeness (QED) is 0.635. The molecular weight excluding hydrogens is 291 g/mol. The van der Waals surface area contributed by atoms with Gasteiger partial charge < -0.3 is 4.74 Å². The van der Waals surface area contributed by atoms with Crippen molar-refractivity contribution in [3.8, 4) is 5.75 Å². The highest BCUT2D eigenvalue weighted by Crippen LogP contribution is 2.34. The van der Waals surface area contributed by atoms with Crippen LogP contribution < -0.4 is 4.74 Å². The summed E-state index contributed by atoms with van der Waals surface area (Å²) in [7, 11) is 0. The summed E-state index contributed by atoms with van der Waals surface area (Å²) in [5, 5.41) is 11.6. The van der Waals surface area contributed by atoms with Crippen LogP contribution in [-0.4, -0.2) is 9.91 Å². The lowest BCUT2D eigenvalue weighted by molar-refractivity contribution is -0.385. The van der Waals surface area contributed by atoms with E-state index >= 15 is 0 Å². The minimum atomic E-state index is -0.549. The molecule has 0 aliphatic carbocycles. The fourth-order valence-corrected chi connectivity index (χ4v) is 1.86. The lowest BCUT2D eigenvalue weighted by Crippen LogP contribution is -2.01. The zero-order valence-electron chi connectivity index (χ0n) is 9.55. The first kappa shape index (κ1) is 13.6. The van der Waals surface area contributed by atoms with Crippen molar-refractivity contribution >= 4 is 28.9 Å². The van der Waals surface area contributed by atoms with Crippen molar-refractivity contribution < 1.29 is 9.66 Å². The molecule has 1 aromatic heterocycles. The predicted molar refractivity (Wildman–Crippen MR) is 71.7 cm³/mol. The van der Waals surface area contributed by atoms with Gasteiger partial charge in [-0.15, -0.1) is 0 Å². The molecule has 0 saturated carbocycles. The van der Waals surface area contributed by atoms with E-state index < -0.39 is 4.92 Å². The Morgan fingerprint density at radius 3 is 2.79 bits per heavy atom. The van der Waals surface area contributed by atoms with E-state index in [1.807, 2.05) is 0 Å².